The molecule has 0 radical (unpaired) electrons. The number of nitrogens with one attached hydrogen (secondary N) is 1. The second-order valence-corrected chi connectivity index (χ2v) is 6.43. The highest BCUT2D eigenvalue weighted by Gasteiger charge is 2.31. The van der Waals surface area contributed by atoms with E-state index in [4.69, 9.17) is 26.4 Å². The van der Waals surface area contributed by atoms with Crippen LogP contribution in [0.2, 0.25) is 0 Å². The highest BCUT2D eigenvalue weighted by atomic mass is 32.1. The van der Waals surface area contributed by atoms with Crippen molar-refractivity contribution in [2.75, 3.05) is 21.3 Å². The van der Waals surface area contributed by atoms with Gasteiger partial charge in [0.15, 0.2) is 16.6 Å². The summed E-state index contributed by atoms with van der Waals surface area (Å²) < 4.78 is 17.9. The van der Waals surface area contributed by atoms with Gasteiger partial charge in [-0.15, -0.1) is 0 Å². The third kappa shape index (κ3) is 3.79. The maximum atomic E-state index is 12.8. The van der Waals surface area contributed by atoms with Gasteiger partial charge in [0, 0.05) is 18.3 Å². The molecule has 0 saturated carbocycles. The fourth-order valence-corrected chi connectivity index (χ4v) is 3.17. The van der Waals surface area contributed by atoms with Gasteiger partial charge in [0.2, 0.25) is 5.75 Å². The molecule has 0 unspecified atom stereocenters. The molecule has 0 spiro atoms. The average molecular weight is 402 g/mol. The summed E-state index contributed by atoms with van der Waals surface area (Å²) in [5, 5.41) is 7.56. The number of rotatable bonds is 7. The number of amides is 1. The molecule has 1 aliphatic heterocycles. The minimum Gasteiger partial charge on any atom is -0.493 e. The molecule has 0 bridgehead atoms. The first-order valence-electron chi connectivity index (χ1n) is 8.66. The molecule has 28 heavy (non-hydrogen) atoms. The summed E-state index contributed by atoms with van der Waals surface area (Å²) in [6, 6.07) is 3.53. The van der Waals surface area contributed by atoms with Gasteiger partial charge in [-0.1, -0.05) is 0 Å². The summed E-state index contributed by atoms with van der Waals surface area (Å²) in [5.74, 6) is 1.29. The number of ether oxygens (including phenoxy) is 3. The molecule has 0 atom stereocenters. The molecule has 2 aromatic rings. The maximum Gasteiger partial charge on any atom is 0.276 e. The SMILES string of the molecule is CCn1cc(CN2C(=O)/C(=C\c3cc(OC)c(OC)c(OC)c3)NC2=S)cn1. The van der Waals surface area contributed by atoms with Crippen LogP contribution >= 0.6 is 12.2 Å². The van der Waals surface area contributed by atoms with Crippen LogP contribution in [-0.2, 0) is 17.9 Å². The summed E-state index contributed by atoms with van der Waals surface area (Å²) in [5.41, 5.74) is 2.00. The van der Waals surface area contributed by atoms with Crippen molar-refractivity contribution in [1.82, 2.24) is 20.0 Å². The summed E-state index contributed by atoms with van der Waals surface area (Å²) in [6.07, 6.45) is 5.34. The lowest BCUT2D eigenvalue weighted by Crippen LogP contribution is -2.29. The predicted octanol–water partition coefficient (Wildman–Crippen LogP) is 2.19. The number of hydrogen-bond acceptors (Lipinski definition) is 6. The predicted molar refractivity (Wildman–Crippen MR) is 108 cm³/mol. The van der Waals surface area contributed by atoms with Gasteiger partial charge in [0.1, 0.15) is 5.70 Å². The van der Waals surface area contributed by atoms with Gasteiger partial charge >= 0.3 is 0 Å². The van der Waals surface area contributed by atoms with Gasteiger partial charge in [-0.05, 0) is 42.9 Å². The summed E-state index contributed by atoms with van der Waals surface area (Å²) in [7, 11) is 4.62. The first kappa shape index (κ1) is 19.7. The zero-order chi connectivity index (χ0) is 20.3. The Bertz CT molecular complexity index is 913. The van der Waals surface area contributed by atoms with Crippen molar-refractivity contribution in [3.05, 3.63) is 41.4 Å². The van der Waals surface area contributed by atoms with Crippen LogP contribution in [0.3, 0.4) is 0 Å². The van der Waals surface area contributed by atoms with Crippen molar-refractivity contribution >= 4 is 29.3 Å². The van der Waals surface area contributed by atoms with E-state index in [0.717, 1.165) is 12.1 Å². The summed E-state index contributed by atoms with van der Waals surface area (Å²) in [4.78, 5) is 14.3. The van der Waals surface area contributed by atoms with Crippen LogP contribution in [-0.4, -0.2) is 47.0 Å². The van der Waals surface area contributed by atoms with E-state index in [1.165, 1.54) is 12.0 Å². The fraction of sp³-hybridized carbons (Fsp3) is 0.316. The Balaban J connectivity index is 1.87. The lowest BCUT2D eigenvalue weighted by molar-refractivity contribution is -0.122. The topological polar surface area (TPSA) is 77.9 Å². The van der Waals surface area contributed by atoms with Crippen molar-refractivity contribution in [3.8, 4) is 17.2 Å². The van der Waals surface area contributed by atoms with Crippen LogP contribution < -0.4 is 19.5 Å². The van der Waals surface area contributed by atoms with Crippen LogP contribution in [0.1, 0.15) is 18.1 Å². The third-order valence-corrected chi connectivity index (χ3v) is 4.63. The lowest BCUT2D eigenvalue weighted by atomic mass is 10.1. The minimum absolute atomic E-state index is 0.206. The van der Waals surface area contributed by atoms with Crippen molar-refractivity contribution in [1.29, 1.82) is 0 Å². The van der Waals surface area contributed by atoms with Gasteiger partial charge in [-0.25, -0.2) is 0 Å². The van der Waals surface area contributed by atoms with E-state index in [2.05, 4.69) is 10.4 Å². The number of aryl methyl sites for hydroxylation is 1. The number of hydrogen-bond donors (Lipinski definition) is 1. The smallest absolute Gasteiger partial charge is 0.276 e. The molecule has 1 aromatic carbocycles. The van der Waals surface area contributed by atoms with E-state index in [1.807, 2.05) is 13.1 Å². The fourth-order valence-electron chi connectivity index (χ4n) is 2.91. The molecule has 1 saturated heterocycles. The molecule has 148 valence electrons. The number of nitrogens with zero attached hydrogens (tertiary/aromatic N) is 3. The van der Waals surface area contributed by atoms with Crippen molar-refractivity contribution in [2.45, 2.75) is 20.0 Å². The molecular formula is C19H22N4O4S. The van der Waals surface area contributed by atoms with Gasteiger partial charge in [-0.2, -0.15) is 5.10 Å². The van der Waals surface area contributed by atoms with E-state index < -0.39 is 0 Å². The number of carbonyl (C=O) groups excluding carboxylic acids is 1. The minimum atomic E-state index is -0.206. The molecule has 1 aromatic heterocycles. The van der Waals surface area contributed by atoms with Crippen molar-refractivity contribution in [2.24, 2.45) is 0 Å². The Labute approximate surface area is 168 Å². The number of aromatic nitrogens is 2. The quantitative estimate of drug-likeness (QED) is 0.562. The molecule has 1 amide bonds. The molecule has 2 heterocycles. The number of thiocarbonyl (C=S) groups is 1. The molecule has 9 heteroatoms. The number of methoxy groups -OCH3 is 3. The molecule has 3 rings (SSSR count). The van der Waals surface area contributed by atoms with Crippen LogP contribution in [0, 0.1) is 0 Å². The normalized spacial score (nSPS) is 15.1. The molecule has 0 aliphatic carbocycles. The van der Waals surface area contributed by atoms with Crippen LogP contribution in [0.15, 0.2) is 30.2 Å². The molecule has 1 N–H and O–H groups in total. The molecule has 1 fully saturated rings. The van der Waals surface area contributed by atoms with Crippen LogP contribution in [0.5, 0.6) is 17.2 Å². The van der Waals surface area contributed by atoms with E-state index in [0.29, 0.717) is 40.2 Å². The number of carbonyl (C=O) groups is 1. The monoisotopic (exact) mass is 402 g/mol. The van der Waals surface area contributed by atoms with Gasteiger partial charge in [0.25, 0.3) is 5.91 Å². The standard InChI is InChI=1S/C19H22N4O4S/c1-5-22-10-13(9-20-22)11-23-18(24)14(21-19(23)28)6-12-7-15(25-2)17(27-4)16(8-12)26-3/h6-10H,5,11H2,1-4H3,(H,21,28)/b14-6+. The average Bonchev–Trinajstić information content (AvgIpc) is 3.27. The van der Waals surface area contributed by atoms with Crippen LogP contribution in [0.4, 0.5) is 0 Å². The second-order valence-electron chi connectivity index (χ2n) is 6.04. The van der Waals surface area contributed by atoms with E-state index in [9.17, 15) is 4.79 Å². The Morgan fingerprint density at radius 2 is 1.86 bits per heavy atom. The molecule has 8 nitrogen and oxygen atoms in total. The van der Waals surface area contributed by atoms with Crippen molar-refractivity contribution in [3.63, 3.8) is 0 Å². The molecular weight excluding hydrogens is 380 g/mol. The Morgan fingerprint density at radius 1 is 1.18 bits per heavy atom. The van der Waals surface area contributed by atoms with Gasteiger partial charge < -0.3 is 19.5 Å². The zero-order valence-electron chi connectivity index (χ0n) is 16.2. The highest BCUT2D eigenvalue weighted by molar-refractivity contribution is 7.80. The lowest BCUT2D eigenvalue weighted by Gasteiger charge is -2.13. The zero-order valence-corrected chi connectivity index (χ0v) is 17.0. The maximum absolute atomic E-state index is 12.8. The second kappa shape index (κ2) is 8.30. The molecule has 1 aliphatic rings. The third-order valence-electron chi connectivity index (χ3n) is 4.31. The number of benzene rings is 1. The Hall–Kier alpha value is -3.07. The first-order valence-corrected chi connectivity index (χ1v) is 9.07. The van der Waals surface area contributed by atoms with Gasteiger partial charge in [0.05, 0.1) is 34.1 Å². The first-order chi connectivity index (χ1) is 13.5. The van der Waals surface area contributed by atoms with Crippen molar-refractivity contribution < 1.29 is 19.0 Å². The summed E-state index contributed by atoms with van der Waals surface area (Å²) >= 11 is 5.34. The van der Waals surface area contributed by atoms with E-state index in [-0.39, 0.29) is 5.91 Å². The van der Waals surface area contributed by atoms with E-state index >= 15 is 0 Å². The van der Waals surface area contributed by atoms with E-state index in [1.54, 1.807) is 43.3 Å². The highest BCUT2D eigenvalue weighted by Crippen LogP contribution is 2.38. The van der Waals surface area contributed by atoms with Gasteiger partial charge in [-0.3, -0.25) is 14.4 Å². The Kier molecular flexibility index (Phi) is 5.84. The largest absolute Gasteiger partial charge is 0.493 e. The summed E-state index contributed by atoms with van der Waals surface area (Å²) in [6.45, 7) is 3.13. The Morgan fingerprint density at radius 3 is 2.39 bits per heavy atom. The van der Waals surface area contributed by atoms with Crippen LogP contribution in [0.25, 0.3) is 6.08 Å².